The number of benzene rings is 2. The van der Waals surface area contributed by atoms with Gasteiger partial charge in [0, 0.05) is 28.4 Å². The molecule has 4 rings (SSSR count). The summed E-state index contributed by atoms with van der Waals surface area (Å²) in [5.41, 5.74) is 1.12. The van der Waals surface area contributed by atoms with Gasteiger partial charge in [-0.3, -0.25) is 0 Å². The van der Waals surface area contributed by atoms with Gasteiger partial charge in [0.1, 0.15) is 23.1 Å². The molecule has 0 radical (unpaired) electrons. The third-order valence-corrected chi connectivity index (χ3v) is 3.91. The summed E-state index contributed by atoms with van der Waals surface area (Å²) >= 11 is 0. The summed E-state index contributed by atoms with van der Waals surface area (Å²) in [7, 11) is 0. The second-order valence-corrected chi connectivity index (χ2v) is 5.86. The molecular formula is C20H13FN4O3. The Morgan fingerprint density at radius 2 is 1.86 bits per heavy atom. The molecule has 138 valence electrons. The lowest BCUT2D eigenvalue weighted by Crippen LogP contribution is -1.99. The van der Waals surface area contributed by atoms with Gasteiger partial charge in [-0.2, -0.15) is 0 Å². The second-order valence-electron chi connectivity index (χ2n) is 5.86. The van der Waals surface area contributed by atoms with Crippen molar-refractivity contribution in [3.05, 3.63) is 76.9 Å². The lowest BCUT2D eigenvalue weighted by Gasteiger charge is -2.10. The molecule has 0 aliphatic carbocycles. The van der Waals surface area contributed by atoms with Crippen molar-refractivity contribution >= 4 is 40.4 Å². The molecular weight excluding hydrogens is 363 g/mol. The van der Waals surface area contributed by atoms with Crippen molar-refractivity contribution in [2.45, 2.75) is 0 Å². The first-order valence-corrected chi connectivity index (χ1v) is 8.25. The van der Waals surface area contributed by atoms with Crippen molar-refractivity contribution in [2.24, 2.45) is 5.18 Å². The van der Waals surface area contributed by atoms with E-state index < -0.39 is 5.82 Å². The van der Waals surface area contributed by atoms with Gasteiger partial charge in [-0.15, -0.1) is 4.91 Å². The molecule has 2 aromatic heterocycles. The van der Waals surface area contributed by atoms with E-state index in [-0.39, 0.29) is 11.6 Å². The quantitative estimate of drug-likeness (QED) is 0.358. The zero-order valence-corrected chi connectivity index (χ0v) is 14.3. The maximum atomic E-state index is 13.7. The number of rotatable bonds is 5. The lowest BCUT2D eigenvalue weighted by molar-refractivity contribution is 0.475. The summed E-state index contributed by atoms with van der Waals surface area (Å²) in [5, 5.41) is 15.9. The van der Waals surface area contributed by atoms with Crippen LogP contribution in [0.5, 0.6) is 5.75 Å². The standard InChI is InChI=1S/C20H13FN4O3/c21-12-1-8-16-17(11-12)23-18(9-6-15-7-10-19(25-27)28-15)24-20(16)22-13-2-4-14(26)5-3-13/h1-11,26H,(H,22,23,24)/b9-6+. The van der Waals surface area contributed by atoms with Crippen LogP contribution in [0.4, 0.5) is 21.8 Å². The number of hydrogen-bond donors (Lipinski definition) is 2. The Morgan fingerprint density at radius 3 is 2.61 bits per heavy atom. The Labute approximate surface area is 158 Å². The molecule has 0 saturated heterocycles. The molecule has 0 aliphatic rings. The van der Waals surface area contributed by atoms with E-state index in [4.69, 9.17) is 4.42 Å². The molecule has 0 bridgehead atoms. The molecule has 0 atom stereocenters. The van der Waals surface area contributed by atoms with Crippen LogP contribution in [0.3, 0.4) is 0 Å². The average Bonchev–Trinajstić information content (AvgIpc) is 3.16. The third-order valence-electron chi connectivity index (χ3n) is 3.91. The Morgan fingerprint density at radius 1 is 1.04 bits per heavy atom. The van der Waals surface area contributed by atoms with Gasteiger partial charge in [-0.05, 0) is 54.6 Å². The Bertz CT molecular complexity index is 1190. The molecule has 2 heterocycles. The van der Waals surface area contributed by atoms with Crippen molar-refractivity contribution in [1.29, 1.82) is 0 Å². The number of phenolic OH excluding ortho intramolecular Hbond substituents is 1. The molecule has 2 N–H and O–H groups in total. The largest absolute Gasteiger partial charge is 0.508 e. The lowest BCUT2D eigenvalue weighted by atomic mass is 10.2. The van der Waals surface area contributed by atoms with Crippen LogP contribution < -0.4 is 5.32 Å². The summed E-state index contributed by atoms with van der Waals surface area (Å²) in [5.74, 6) is 0.902. The number of nitrogens with one attached hydrogen (secondary N) is 1. The fourth-order valence-corrected chi connectivity index (χ4v) is 2.61. The summed E-state index contributed by atoms with van der Waals surface area (Å²) in [6.45, 7) is 0. The van der Waals surface area contributed by atoms with E-state index >= 15 is 0 Å². The van der Waals surface area contributed by atoms with E-state index in [9.17, 15) is 14.4 Å². The summed E-state index contributed by atoms with van der Waals surface area (Å²) in [6.07, 6.45) is 3.17. The van der Waals surface area contributed by atoms with Crippen molar-refractivity contribution in [1.82, 2.24) is 9.97 Å². The second kappa shape index (κ2) is 7.28. The zero-order valence-electron chi connectivity index (χ0n) is 14.3. The number of hydrogen-bond acceptors (Lipinski definition) is 7. The highest BCUT2D eigenvalue weighted by Gasteiger charge is 2.09. The number of nitroso groups, excluding NO2 is 1. The predicted molar refractivity (Wildman–Crippen MR) is 104 cm³/mol. The molecule has 0 aliphatic heterocycles. The van der Waals surface area contributed by atoms with E-state index in [1.54, 1.807) is 48.6 Å². The molecule has 0 saturated carbocycles. The van der Waals surface area contributed by atoms with Gasteiger partial charge in [0.2, 0.25) is 0 Å². The topological polar surface area (TPSA) is 101 Å². The Balaban J connectivity index is 1.74. The molecule has 0 unspecified atom stereocenters. The summed E-state index contributed by atoms with van der Waals surface area (Å²) in [4.78, 5) is 19.3. The van der Waals surface area contributed by atoms with Crippen LogP contribution in [0.1, 0.15) is 11.6 Å². The van der Waals surface area contributed by atoms with Crippen LogP contribution in [0.25, 0.3) is 23.1 Å². The Hall–Kier alpha value is -4.07. The minimum absolute atomic E-state index is 0.0316. The molecule has 28 heavy (non-hydrogen) atoms. The predicted octanol–water partition coefficient (Wildman–Crippen LogP) is 5.38. The van der Waals surface area contributed by atoms with Crippen LogP contribution in [-0.2, 0) is 0 Å². The van der Waals surface area contributed by atoms with Crippen LogP contribution in [0.15, 0.2) is 64.2 Å². The SMILES string of the molecule is O=Nc1ccc(/C=C/c2nc(Nc3ccc(O)cc3)c3ccc(F)cc3n2)o1. The zero-order chi connectivity index (χ0) is 19.5. The molecule has 0 spiro atoms. The molecule has 8 heteroatoms. The molecule has 7 nitrogen and oxygen atoms in total. The van der Waals surface area contributed by atoms with Gasteiger partial charge in [-0.1, -0.05) is 0 Å². The van der Waals surface area contributed by atoms with Gasteiger partial charge in [0.05, 0.1) is 5.52 Å². The fourth-order valence-electron chi connectivity index (χ4n) is 2.61. The molecule has 0 amide bonds. The number of anilines is 2. The van der Waals surface area contributed by atoms with Crippen LogP contribution in [-0.4, -0.2) is 15.1 Å². The minimum atomic E-state index is -0.413. The van der Waals surface area contributed by atoms with Crippen LogP contribution in [0, 0.1) is 10.7 Å². The fraction of sp³-hybridized carbons (Fsp3) is 0. The van der Waals surface area contributed by atoms with Crippen molar-refractivity contribution in [3.63, 3.8) is 0 Å². The van der Waals surface area contributed by atoms with Gasteiger partial charge >= 0.3 is 0 Å². The summed E-state index contributed by atoms with van der Waals surface area (Å²) < 4.78 is 18.9. The number of fused-ring (bicyclic) bond motifs is 1. The first kappa shape index (κ1) is 17.3. The number of furan rings is 1. The number of phenols is 1. The summed E-state index contributed by atoms with van der Waals surface area (Å²) in [6, 6.07) is 13.7. The van der Waals surface area contributed by atoms with Crippen LogP contribution in [0.2, 0.25) is 0 Å². The normalized spacial score (nSPS) is 11.2. The van der Waals surface area contributed by atoms with Crippen molar-refractivity contribution < 1.29 is 13.9 Å². The molecule has 4 aromatic rings. The minimum Gasteiger partial charge on any atom is -0.508 e. The van der Waals surface area contributed by atoms with E-state index in [1.165, 1.54) is 18.2 Å². The number of halogens is 1. The van der Waals surface area contributed by atoms with Crippen LogP contribution >= 0.6 is 0 Å². The number of aromatic nitrogens is 2. The Kier molecular flexibility index (Phi) is 4.51. The van der Waals surface area contributed by atoms with E-state index in [2.05, 4.69) is 20.5 Å². The van der Waals surface area contributed by atoms with E-state index in [0.717, 1.165) is 0 Å². The maximum absolute atomic E-state index is 13.7. The first-order valence-electron chi connectivity index (χ1n) is 8.25. The molecule has 0 fully saturated rings. The number of nitrogens with zero attached hydrogens (tertiary/aromatic N) is 3. The van der Waals surface area contributed by atoms with Gasteiger partial charge in [-0.25, -0.2) is 14.4 Å². The van der Waals surface area contributed by atoms with Crippen molar-refractivity contribution in [2.75, 3.05) is 5.32 Å². The highest BCUT2D eigenvalue weighted by molar-refractivity contribution is 5.91. The smallest absolute Gasteiger partial charge is 0.260 e. The van der Waals surface area contributed by atoms with Gasteiger partial charge in [0.15, 0.2) is 5.82 Å². The third kappa shape index (κ3) is 3.70. The highest BCUT2D eigenvalue weighted by Crippen LogP contribution is 2.26. The average molecular weight is 376 g/mol. The first-order chi connectivity index (χ1) is 13.6. The molecule has 2 aromatic carbocycles. The highest BCUT2D eigenvalue weighted by atomic mass is 19.1. The van der Waals surface area contributed by atoms with Crippen molar-refractivity contribution in [3.8, 4) is 5.75 Å². The van der Waals surface area contributed by atoms with Gasteiger partial charge < -0.3 is 14.8 Å². The maximum Gasteiger partial charge on any atom is 0.260 e. The monoisotopic (exact) mass is 376 g/mol. The number of aromatic hydroxyl groups is 1. The van der Waals surface area contributed by atoms with E-state index in [1.807, 2.05) is 0 Å². The van der Waals surface area contributed by atoms with Gasteiger partial charge in [0.25, 0.3) is 5.88 Å². The van der Waals surface area contributed by atoms with E-state index in [0.29, 0.717) is 34.0 Å².